The Hall–Kier alpha value is -2.05. The van der Waals surface area contributed by atoms with Crippen LogP contribution in [0.15, 0.2) is 12.2 Å². The Morgan fingerprint density at radius 1 is 0.606 bits per heavy atom. The molecule has 196 valence electrons. The summed E-state index contributed by atoms with van der Waals surface area (Å²) in [5.74, 6) is -68.3. The van der Waals surface area contributed by atoms with Gasteiger partial charge in [-0.05, 0) is 0 Å². The van der Waals surface area contributed by atoms with E-state index in [4.69, 9.17) is 5.11 Å². The van der Waals surface area contributed by atoms with Gasteiger partial charge in [0.25, 0.3) is 0 Å². The summed E-state index contributed by atoms with van der Waals surface area (Å²) in [7, 11) is 0. The van der Waals surface area contributed by atoms with Crippen molar-refractivity contribution in [2.24, 2.45) is 0 Å². The number of halogens is 18. The van der Waals surface area contributed by atoms with Gasteiger partial charge in [0.2, 0.25) is 0 Å². The van der Waals surface area contributed by atoms with Crippen molar-refractivity contribution in [1.82, 2.24) is 0 Å². The number of carboxylic acid groups (broad SMARTS) is 1. The molecule has 0 aromatic carbocycles. The highest BCUT2D eigenvalue weighted by molar-refractivity contribution is 5.85. The van der Waals surface area contributed by atoms with E-state index < -0.39 is 71.8 Å². The second-order valence-electron chi connectivity index (χ2n) is 6.16. The van der Waals surface area contributed by atoms with Crippen LogP contribution in [0.4, 0.5) is 79.0 Å². The molecular weight excluding hydrogens is 530 g/mol. The fraction of sp³-hybridized carbons (Fsp3) is 0.769. The predicted molar refractivity (Wildman–Crippen MR) is 67.0 cm³/mol. The first-order valence-corrected chi connectivity index (χ1v) is 7.24. The lowest BCUT2D eigenvalue weighted by Crippen LogP contribution is -2.75. The first-order chi connectivity index (χ1) is 14.0. The average molecular weight is 536 g/mol. The molecule has 0 spiro atoms. The maximum atomic E-state index is 13.4. The van der Waals surface area contributed by atoms with E-state index in [2.05, 4.69) is 6.58 Å². The number of carboxylic acids is 1. The highest BCUT2D eigenvalue weighted by atomic mass is 19.4. The molecule has 0 aliphatic rings. The standard InChI is InChI=1S/C13H6F18O2/c1-3(4(32)33)2-6(16,17)8(20,21)10(24,25)12(28,29)13(30,31)11(26,27)9(22,23)7(18,19)5(14)15/h5H,1-2H2,(H,32,33). The topological polar surface area (TPSA) is 37.3 Å². The van der Waals surface area contributed by atoms with Crippen molar-refractivity contribution >= 4 is 5.97 Å². The van der Waals surface area contributed by atoms with Crippen LogP contribution in [-0.4, -0.2) is 64.9 Å². The van der Waals surface area contributed by atoms with Crippen LogP contribution in [0.5, 0.6) is 0 Å². The SMILES string of the molecule is C=C(CC(F)(F)C(F)(F)C(F)(F)C(F)(F)C(F)(F)C(F)(F)C(F)(F)C(F)(F)C(F)F)C(=O)O. The van der Waals surface area contributed by atoms with E-state index in [1.54, 1.807) is 0 Å². The van der Waals surface area contributed by atoms with Gasteiger partial charge in [-0.25, -0.2) is 13.6 Å². The summed E-state index contributed by atoms with van der Waals surface area (Å²) in [5, 5.41) is 8.17. The number of aliphatic carboxylic acids is 1. The number of carbonyl (C=O) groups is 1. The lowest BCUT2D eigenvalue weighted by Gasteiger charge is -2.43. The van der Waals surface area contributed by atoms with E-state index in [-0.39, 0.29) is 0 Å². The van der Waals surface area contributed by atoms with Crippen LogP contribution in [-0.2, 0) is 4.79 Å². The lowest BCUT2D eigenvalue weighted by molar-refractivity contribution is -0.457. The normalized spacial score (nSPS) is 15.7. The van der Waals surface area contributed by atoms with Crippen LogP contribution in [0.3, 0.4) is 0 Å². The zero-order valence-electron chi connectivity index (χ0n) is 14.7. The molecule has 2 nitrogen and oxygen atoms in total. The van der Waals surface area contributed by atoms with Crippen molar-refractivity contribution in [1.29, 1.82) is 0 Å². The average Bonchev–Trinajstić information content (AvgIpc) is 2.59. The summed E-state index contributed by atoms with van der Waals surface area (Å²) in [6.45, 7) is 2.09. The van der Waals surface area contributed by atoms with E-state index in [1.807, 2.05) is 0 Å². The van der Waals surface area contributed by atoms with Crippen molar-refractivity contribution in [2.75, 3.05) is 0 Å². The van der Waals surface area contributed by atoms with Crippen molar-refractivity contribution in [3.8, 4) is 0 Å². The monoisotopic (exact) mass is 536 g/mol. The second-order valence-corrected chi connectivity index (χ2v) is 6.16. The molecule has 0 aromatic heterocycles. The van der Waals surface area contributed by atoms with Crippen LogP contribution in [0.25, 0.3) is 0 Å². The van der Waals surface area contributed by atoms with Gasteiger partial charge >= 0.3 is 59.8 Å². The Morgan fingerprint density at radius 3 is 1.15 bits per heavy atom. The quantitative estimate of drug-likeness (QED) is 0.247. The molecule has 0 unspecified atom stereocenters. The molecule has 0 saturated heterocycles. The number of hydrogen-bond acceptors (Lipinski definition) is 1. The molecule has 0 bridgehead atoms. The van der Waals surface area contributed by atoms with Gasteiger partial charge in [0.1, 0.15) is 0 Å². The van der Waals surface area contributed by atoms with Gasteiger partial charge in [-0.3, -0.25) is 0 Å². The Labute approximate surface area is 168 Å². The van der Waals surface area contributed by atoms with Crippen LogP contribution in [0, 0.1) is 0 Å². The van der Waals surface area contributed by atoms with E-state index in [0.29, 0.717) is 0 Å². The van der Waals surface area contributed by atoms with Crippen molar-refractivity contribution in [3.63, 3.8) is 0 Å². The predicted octanol–water partition coefficient (Wildman–Crippen LogP) is 6.36. The molecule has 0 fully saturated rings. The highest BCUT2D eigenvalue weighted by Gasteiger charge is 2.95. The molecule has 0 amide bonds. The Bertz CT molecular complexity index is 767. The Balaban J connectivity index is 6.80. The minimum Gasteiger partial charge on any atom is -0.478 e. The van der Waals surface area contributed by atoms with Crippen LogP contribution in [0.1, 0.15) is 6.42 Å². The molecule has 20 heteroatoms. The summed E-state index contributed by atoms with van der Waals surface area (Å²) in [5.41, 5.74) is -2.15. The van der Waals surface area contributed by atoms with Crippen molar-refractivity contribution in [2.45, 2.75) is 60.2 Å². The molecule has 0 rings (SSSR count). The van der Waals surface area contributed by atoms with E-state index in [1.165, 1.54) is 0 Å². The number of alkyl halides is 18. The van der Waals surface area contributed by atoms with Gasteiger partial charge in [0, 0.05) is 12.0 Å². The van der Waals surface area contributed by atoms with Gasteiger partial charge in [0.05, 0.1) is 0 Å². The zero-order chi connectivity index (χ0) is 27.4. The highest BCUT2D eigenvalue weighted by Crippen LogP contribution is 2.64. The third kappa shape index (κ3) is 4.06. The number of hydrogen-bond donors (Lipinski definition) is 1. The van der Waals surface area contributed by atoms with Crippen LogP contribution >= 0.6 is 0 Å². The molecule has 33 heavy (non-hydrogen) atoms. The van der Waals surface area contributed by atoms with Crippen molar-refractivity contribution < 1.29 is 88.9 Å². The summed E-state index contributed by atoms with van der Waals surface area (Å²) >= 11 is 0. The molecule has 0 heterocycles. The maximum Gasteiger partial charge on any atom is 0.385 e. The van der Waals surface area contributed by atoms with Crippen molar-refractivity contribution in [3.05, 3.63) is 12.2 Å². The van der Waals surface area contributed by atoms with Gasteiger partial charge in [-0.2, -0.15) is 70.2 Å². The molecule has 0 radical (unpaired) electrons. The minimum atomic E-state index is -8.82. The van der Waals surface area contributed by atoms with E-state index >= 15 is 0 Å². The zero-order valence-corrected chi connectivity index (χ0v) is 14.7. The summed E-state index contributed by atoms with van der Waals surface area (Å²) in [4.78, 5) is 10.3. The molecule has 0 aromatic rings. The van der Waals surface area contributed by atoms with Gasteiger partial charge < -0.3 is 5.11 Å². The third-order valence-electron chi connectivity index (χ3n) is 3.86. The first-order valence-electron chi connectivity index (χ1n) is 7.24. The maximum absolute atomic E-state index is 13.4. The summed E-state index contributed by atoms with van der Waals surface area (Å²) in [6, 6.07) is 0. The van der Waals surface area contributed by atoms with Crippen LogP contribution < -0.4 is 0 Å². The molecular formula is C13H6F18O2. The largest absolute Gasteiger partial charge is 0.478 e. The van der Waals surface area contributed by atoms with Gasteiger partial charge in [-0.15, -0.1) is 0 Å². The fourth-order valence-corrected chi connectivity index (χ4v) is 1.82. The second kappa shape index (κ2) is 8.02. The van der Waals surface area contributed by atoms with Crippen LogP contribution in [0.2, 0.25) is 0 Å². The lowest BCUT2D eigenvalue weighted by atomic mass is 9.86. The van der Waals surface area contributed by atoms with E-state index in [9.17, 15) is 83.8 Å². The summed E-state index contributed by atoms with van der Waals surface area (Å²) < 4.78 is 235. The van der Waals surface area contributed by atoms with Gasteiger partial charge in [-0.1, -0.05) is 6.58 Å². The Morgan fingerprint density at radius 2 is 0.879 bits per heavy atom. The molecule has 0 atom stereocenters. The molecule has 0 aliphatic heterocycles. The van der Waals surface area contributed by atoms with E-state index in [0.717, 1.165) is 0 Å². The molecule has 0 saturated carbocycles. The first kappa shape index (κ1) is 30.9. The molecule has 1 N–H and O–H groups in total. The number of rotatable bonds is 11. The smallest absolute Gasteiger partial charge is 0.385 e. The van der Waals surface area contributed by atoms with Gasteiger partial charge in [0.15, 0.2) is 0 Å². The summed E-state index contributed by atoms with van der Waals surface area (Å²) in [6.07, 6.45) is -9.25. The minimum absolute atomic E-state index is 2.09. The Kier molecular flexibility index (Phi) is 7.52. The molecule has 0 aliphatic carbocycles. The third-order valence-corrected chi connectivity index (χ3v) is 3.86. The fourth-order valence-electron chi connectivity index (χ4n) is 1.82.